The Morgan fingerprint density at radius 2 is 2.06 bits per heavy atom. The van der Waals surface area contributed by atoms with E-state index in [1.165, 1.54) is 38.9 Å². The molecular weight excluding hydrogens is 238 g/mol. The molecule has 0 amide bonds. The smallest absolute Gasteiger partial charge is 0.0605 e. The van der Waals surface area contributed by atoms with E-state index >= 15 is 0 Å². The minimum Gasteiger partial charge on any atom is -0.378 e. The van der Waals surface area contributed by atoms with E-state index in [2.05, 4.69) is 4.90 Å². The fraction of sp³-hybridized carbons (Fsp3) is 1.00. The predicted molar refractivity (Wildman–Crippen MR) is 69.7 cm³/mol. The monoisotopic (exact) mass is 261 g/mol. The maximum absolute atomic E-state index is 5.68. The number of alkyl halides is 1. The van der Waals surface area contributed by atoms with Crippen LogP contribution < -0.4 is 0 Å². The first-order valence-corrected chi connectivity index (χ1v) is 7.43. The van der Waals surface area contributed by atoms with Gasteiger partial charge in [-0.3, -0.25) is 0 Å². The molecule has 0 N–H and O–H groups in total. The molecule has 2 aliphatic heterocycles. The average molecular weight is 262 g/mol. The molecule has 2 rings (SSSR count). The average Bonchev–Trinajstić information content (AvgIpc) is 2.88. The molecule has 2 heterocycles. The summed E-state index contributed by atoms with van der Waals surface area (Å²) in [7, 11) is 0. The van der Waals surface area contributed by atoms with Gasteiger partial charge in [0.25, 0.3) is 0 Å². The van der Waals surface area contributed by atoms with Crippen molar-refractivity contribution < 1.29 is 9.47 Å². The van der Waals surface area contributed by atoms with E-state index in [0.29, 0.717) is 24.7 Å². The van der Waals surface area contributed by atoms with E-state index < -0.39 is 0 Å². The van der Waals surface area contributed by atoms with Gasteiger partial charge in [0.05, 0.1) is 18.8 Å². The number of hydrogen-bond donors (Lipinski definition) is 0. The van der Waals surface area contributed by atoms with Gasteiger partial charge < -0.3 is 14.4 Å². The molecular formula is C13H24ClNO2. The van der Waals surface area contributed by atoms with Crippen LogP contribution in [-0.4, -0.2) is 55.8 Å². The highest BCUT2D eigenvalue weighted by Crippen LogP contribution is 2.18. The predicted octanol–water partition coefficient (Wildman–Crippen LogP) is 2.28. The van der Waals surface area contributed by atoms with Crippen LogP contribution in [0, 0.1) is 0 Å². The van der Waals surface area contributed by atoms with Gasteiger partial charge in [0.2, 0.25) is 0 Å². The topological polar surface area (TPSA) is 21.7 Å². The maximum atomic E-state index is 5.68. The van der Waals surface area contributed by atoms with E-state index in [9.17, 15) is 0 Å². The standard InChI is InChI=1S/C13H24ClNO2/c14-6-11-17-13-4-8-15(9-5-13)7-3-12-2-1-10-16-12/h12-13H,1-11H2. The SMILES string of the molecule is ClCCOC1CCN(CCC2CCCO2)CC1. The third-order valence-corrected chi connectivity index (χ3v) is 3.91. The normalized spacial score (nSPS) is 27.7. The Hall–Kier alpha value is 0.170. The van der Waals surface area contributed by atoms with Gasteiger partial charge in [0.1, 0.15) is 0 Å². The molecule has 1 atom stereocenters. The van der Waals surface area contributed by atoms with Gasteiger partial charge in [-0.1, -0.05) is 0 Å². The van der Waals surface area contributed by atoms with E-state index in [-0.39, 0.29) is 0 Å². The first kappa shape index (κ1) is 13.6. The summed E-state index contributed by atoms with van der Waals surface area (Å²) in [4.78, 5) is 2.54. The molecule has 3 nitrogen and oxygen atoms in total. The zero-order valence-corrected chi connectivity index (χ0v) is 11.3. The van der Waals surface area contributed by atoms with Gasteiger partial charge in [-0.15, -0.1) is 11.6 Å². The van der Waals surface area contributed by atoms with Gasteiger partial charge in [-0.05, 0) is 32.1 Å². The van der Waals surface area contributed by atoms with Crippen LogP contribution in [0.4, 0.5) is 0 Å². The number of nitrogens with zero attached hydrogens (tertiary/aromatic N) is 1. The Morgan fingerprint density at radius 1 is 1.24 bits per heavy atom. The summed E-state index contributed by atoms with van der Waals surface area (Å²) >= 11 is 5.62. The number of likely N-dealkylation sites (tertiary alicyclic amines) is 1. The molecule has 17 heavy (non-hydrogen) atoms. The molecule has 2 aliphatic rings. The number of piperidine rings is 1. The van der Waals surface area contributed by atoms with Gasteiger partial charge >= 0.3 is 0 Å². The van der Waals surface area contributed by atoms with Crippen molar-refractivity contribution in [1.82, 2.24) is 4.90 Å². The van der Waals surface area contributed by atoms with Crippen LogP contribution in [0.25, 0.3) is 0 Å². The lowest BCUT2D eigenvalue weighted by atomic mass is 10.1. The molecule has 0 spiro atoms. The second-order valence-corrected chi connectivity index (χ2v) is 5.40. The molecule has 0 aromatic rings. The third kappa shape index (κ3) is 4.74. The minimum atomic E-state index is 0.438. The van der Waals surface area contributed by atoms with Crippen molar-refractivity contribution in [3.63, 3.8) is 0 Å². The molecule has 2 saturated heterocycles. The van der Waals surface area contributed by atoms with Crippen LogP contribution in [0.5, 0.6) is 0 Å². The van der Waals surface area contributed by atoms with Gasteiger partial charge in [-0.25, -0.2) is 0 Å². The van der Waals surface area contributed by atoms with Crippen LogP contribution in [0.15, 0.2) is 0 Å². The lowest BCUT2D eigenvalue weighted by molar-refractivity contribution is 0.0110. The first-order valence-electron chi connectivity index (χ1n) is 6.90. The van der Waals surface area contributed by atoms with Crippen molar-refractivity contribution in [3.05, 3.63) is 0 Å². The van der Waals surface area contributed by atoms with Crippen molar-refractivity contribution in [2.45, 2.75) is 44.3 Å². The van der Waals surface area contributed by atoms with Crippen LogP contribution in [0.3, 0.4) is 0 Å². The van der Waals surface area contributed by atoms with Crippen molar-refractivity contribution in [3.8, 4) is 0 Å². The molecule has 0 saturated carbocycles. The Balaban J connectivity index is 1.55. The van der Waals surface area contributed by atoms with Crippen LogP contribution >= 0.6 is 11.6 Å². The highest BCUT2D eigenvalue weighted by Gasteiger charge is 2.21. The van der Waals surface area contributed by atoms with E-state index in [1.54, 1.807) is 0 Å². The number of ether oxygens (including phenoxy) is 2. The third-order valence-electron chi connectivity index (χ3n) is 3.76. The number of halogens is 1. The van der Waals surface area contributed by atoms with E-state index in [4.69, 9.17) is 21.1 Å². The van der Waals surface area contributed by atoms with Crippen molar-refractivity contribution >= 4 is 11.6 Å². The molecule has 100 valence electrons. The van der Waals surface area contributed by atoms with Crippen molar-refractivity contribution in [2.24, 2.45) is 0 Å². The fourth-order valence-electron chi connectivity index (χ4n) is 2.71. The highest BCUT2D eigenvalue weighted by atomic mass is 35.5. The second-order valence-electron chi connectivity index (χ2n) is 5.02. The van der Waals surface area contributed by atoms with Gasteiger partial charge in [0.15, 0.2) is 0 Å². The van der Waals surface area contributed by atoms with E-state index in [0.717, 1.165) is 19.4 Å². The largest absolute Gasteiger partial charge is 0.378 e. The summed E-state index contributed by atoms with van der Waals surface area (Å²) < 4.78 is 11.3. The van der Waals surface area contributed by atoms with Gasteiger partial charge in [-0.2, -0.15) is 0 Å². The molecule has 1 unspecified atom stereocenters. The Labute approximate surface area is 109 Å². The number of rotatable bonds is 6. The molecule has 4 heteroatoms. The fourth-order valence-corrected chi connectivity index (χ4v) is 2.80. The summed E-state index contributed by atoms with van der Waals surface area (Å²) in [5.74, 6) is 0.610. The lowest BCUT2D eigenvalue weighted by Gasteiger charge is -2.32. The van der Waals surface area contributed by atoms with Crippen molar-refractivity contribution in [1.29, 1.82) is 0 Å². The molecule has 0 aromatic carbocycles. The molecule has 0 aliphatic carbocycles. The minimum absolute atomic E-state index is 0.438. The summed E-state index contributed by atoms with van der Waals surface area (Å²) in [5, 5.41) is 0. The number of hydrogen-bond acceptors (Lipinski definition) is 3. The summed E-state index contributed by atoms with van der Waals surface area (Å²) in [6, 6.07) is 0. The van der Waals surface area contributed by atoms with Crippen LogP contribution in [0.1, 0.15) is 32.1 Å². The zero-order valence-electron chi connectivity index (χ0n) is 10.6. The summed E-state index contributed by atoms with van der Waals surface area (Å²) in [6.07, 6.45) is 6.99. The Bertz CT molecular complexity index is 202. The molecule has 0 radical (unpaired) electrons. The zero-order chi connectivity index (χ0) is 11.9. The van der Waals surface area contributed by atoms with Gasteiger partial charge in [0, 0.05) is 32.1 Å². The quantitative estimate of drug-likeness (QED) is 0.685. The molecule has 2 fully saturated rings. The van der Waals surface area contributed by atoms with Crippen molar-refractivity contribution in [2.75, 3.05) is 38.7 Å². The molecule has 0 bridgehead atoms. The summed E-state index contributed by atoms with van der Waals surface area (Å²) in [5.41, 5.74) is 0. The second kappa shape index (κ2) is 7.57. The Morgan fingerprint density at radius 3 is 2.71 bits per heavy atom. The lowest BCUT2D eigenvalue weighted by Crippen LogP contribution is -2.38. The Kier molecular flexibility index (Phi) is 6.06. The molecule has 0 aromatic heterocycles. The maximum Gasteiger partial charge on any atom is 0.0605 e. The summed E-state index contributed by atoms with van der Waals surface area (Å²) in [6.45, 7) is 5.19. The van der Waals surface area contributed by atoms with E-state index in [1.807, 2.05) is 0 Å². The van der Waals surface area contributed by atoms with Crippen LogP contribution in [0.2, 0.25) is 0 Å². The highest BCUT2D eigenvalue weighted by molar-refractivity contribution is 6.17. The van der Waals surface area contributed by atoms with Crippen LogP contribution in [-0.2, 0) is 9.47 Å². The first-order chi connectivity index (χ1) is 8.38.